The molecule has 4 nitrogen and oxygen atoms in total. The zero-order valence-electron chi connectivity index (χ0n) is 15.0. The van der Waals surface area contributed by atoms with Crippen LogP contribution < -0.4 is 10.5 Å². The van der Waals surface area contributed by atoms with Gasteiger partial charge < -0.3 is 15.0 Å². The third-order valence-corrected chi connectivity index (χ3v) is 4.48. The van der Waals surface area contributed by atoms with Crippen LogP contribution in [0.2, 0.25) is 5.02 Å². The molecule has 0 saturated carbocycles. The van der Waals surface area contributed by atoms with Gasteiger partial charge in [-0.2, -0.15) is 8.78 Å². The second-order valence-electron chi connectivity index (χ2n) is 5.49. The maximum atomic E-state index is 11.6. The number of aromatic nitrogens is 2. The molecule has 3 aromatic rings. The van der Waals surface area contributed by atoms with Crippen LogP contribution in [0.15, 0.2) is 46.9 Å². The Morgan fingerprint density at radius 2 is 2.00 bits per heavy atom. The molecule has 0 spiro atoms. The number of hydrogen-bond donors (Lipinski definition) is 1. The van der Waals surface area contributed by atoms with Crippen LogP contribution in [0.3, 0.4) is 0 Å². The summed E-state index contributed by atoms with van der Waals surface area (Å²) in [7, 11) is 0. The fraction of sp³-hybridized carbons (Fsp3) is 0.316. The molecule has 0 saturated heterocycles. The van der Waals surface area contributed by atoms with Crippen LogP contribution in [0.25, 0.3) is 11.0 Å². The predicted octanol–water partition coefficient (Wildman–Crippen LogP) is 6.17. The monoisotopic (exact) mass is 459 g/mol. The number of halogens is 4. The fourth-order valence-electron chi connectivity index (χ4n) is 2.67. The van der Waals surface area contributed by atoms with Gasteiger partial charge >= 0.3 is 6.61 Å². The number of aryl methyl sites for hydroxylation is 1. The molecule has 2 heterocycles. The largest absolute Gasteiger partial charge is 0.435 e. The first-order chi connectivity index (χ1) is 12.9. The van der Waals surface area contributed by atoms with Gasteiger partial charge in [0.1, 0.15) is 11.6 Å². The van der Waals surface area contributed by atoms with Gasteiger partial charge in [-0.05, 0) is 42.8 Å². The van der Waals surface area contributed by atoms with E-state index in [-0.39, 0.29) is 11.8 Å². The van der Waals surface area contributed by atoms with E-state index in [1.54, 1.807) is 12.1 Å². The molecule has 2 N–H and O–H groups in total. The molecule has 2 aromatic carbocycles. The average molecular weight is 461 g/mol. The van der Waals surface area contributed by atoms with Crippen molar-refractivity contribution in [2.75, 3.05) is 0 Å². The summed E-state index contributed by atoms with van der Waals surface area (Å²) in [6.45, 7) is 2.19. The van der Waals surface area contributed by atoms with Gasteiger partial charge in [0.2, 0.25) is 0 Å². The number of fused-ring (bicyclic) bond motifs is 3. The number of ether oxygens (including phenoxy) is 1. The Morgan fingerprint density at radius 1 is 1.26 bits per heavy atom. The number of nitrogens with two attached hydrogens (primary N) is 1. The minimum atomic E-state index is -2.76. The van der Waals surface area contributed by atoms with Crippen LogP contribution in [0.1, 0.15) is 32.1 Å². The average Bonchev–Trinajstić information content (AvgIpc) is 3.17. The van der Waals surface area contributed by atoms with Crippen molar-refractivity contribution in [2.24, 2.45) is 5.73 Å². The lowest BCUT2D eigenvalue weighted by atomic mass is 10.2. The number of alkyl halides is 2. The number of hydrogen-bond acceptors (Lipinski definition) is 3. The lowest BCUT2D eigenvalue weighted by Crippen LogP contribution is -2.06. The van der Waals surface area contributed by atoms with Crippen molar-refractivity contribution in [1.29, 1.82) is 0 Å². The summed E-state index contributed by atoms with van der Waals surface area (Å²) in [6, 6.07) is 12.1. The van der Waals surface area contributed by atoms with Crippen molar-refractivity contribution < 1.29 is 13.5 Å². The number of imidazole rings is 1. The molecule has 1 unspecified atom stereocenters. The molecule has 0 bridgehead atoms. The van der Waals surface area contributed by atoms with Crippen LogP contribution in [0, 0.1) is 0 Å². The van der Waals surface area contributed by atoms with Gasteiger partial charge in [-0.1, -0.05) is 47.4 Å². The van der Waals surface area contributed by atoms with Crippen molar-refractivity contribution in [3.05, 3.63) is 57.8 Å². The Hall–Kier alpha value is -1.70. The third-order valence-electron chi connectivity index (χ3n) is 3.76. The highest BCUT2D eigenvalue weighted by Gasteiger charge is 2.23. The second-order valence-corrected chi connectivity index (χ2v) is 6.84. The summed E-state index contributed by atoms with van der Waals surface area (Å²) in [5.41, 5.74) is 8.02. The van der Waals surface area contributed by atoms with E-state index in [2.05, 4.69) is 30.2 Å². The SMILES string of the molecule is CC.FC(F)Oc1cccc(Br)c1.NC1CCn2c1nc1ccc(Cl)cc12. The van der Waals surface area contributed by atoms with Gasteiger partial charge in [-0.3, -0.25) is 0 Å². The van der Waals surface area contributed by atoms with Gasteiger partial charge in [-0.25, -0.2) is 4.98 Å². The summed E-state index contributed by atoms with van der Waals surface area (Å²) in [6.07, 6.45) is 0.977. The molecule has 27 heavy (non-hydrogen) atoms. The summed E-state index contributed by atoms with van der Waals surface area (Å²) < 4.78 is 30.2. The van der Waals surface area contributed by atoms with Crippen LogP contribution in [0.4, 0.5) is 8.78 Å². The van der Waals surface area contributed by atoms with E-state index in [9.17, 15) is 8.78 Å². The molecular formula is C19H21BrClF2N3O. The lowest BCUT2D eigenvalue weighted by Gasteiger charge is -2.02. The van der Waals surface area contributed by atoms with Gasteiger partial charge in [0, 0.05) is 16.0 Å². The van der Waals surface area contributed by atoms with Crippen LogP contribution in [-0.4, -0.2) is 16.2 Å². The molecule has 8 heteroatoms. The maximum absolute atomic E-state index is 11.6. The minimum absolute atomic E-state index is 0.0844. The summed E-state index contributed by atoms with van der Waals surface area (Å²) in [4.78, 5) is 4.49. The Morgan fingerprint density at radius 3 is 2.67 bits per heavy atom. The maximum Gasteiger partial charge on any atom is 0.387 e. The van der Waals surface area contributed by atoms with Gasteiger partial charge in [-0.15, -0.1) is 0 Å². The normalized spacial score (nSPS) is 14.9. The summed E-state index contributed by atoms with van der Waals surface area (Å²) >= 11 is 9.07. The molecule has 1 aliphatic rings. The first-order valence-electron chi connectivity index (χ1n) is 8.55. The quantitative estimate of drug-likeness (QED) is 0.497. The van der Waals surface area contributed by atoms with E-state index in [1.807, 2.05) is 32.0 Å². The molecule has 146 valence electrons. The van der Waals surface area contributed by atoms with Crippen molar-refractivity contribution in [3.8, 4) is 5.75 Å². The van der Waals surface area contributed by atoms with E-state index >= 15 is 0 Å². The summed E-state index contributed by atoms with van der Waals surface area (Å²) in [5, 5.41) is 0.751. The molecule has 1 aliphatic heterocycles. The highest BCUT2D eigenvalue weighted by atomic mass is 79.9. The van der Waals surface area contributed by atoms with E-state index in [1.165, 1.54) is 12.1 Å². The second kappa shape index (κ2) is 10.0. The van der Waals surface area contributed by atoms with Crippen molar-refractivity contribution in [1.82, 2.24) is 9.55 Å². The molecule has 0 amide bonds. The van der Waals surface area contributed by atoms with Crippen LogP contribution in [0.5, 0.6) is 5.75 Å². The molecule has 0 fully saturated rings. The molecule has 1 atom stereocenters. The standard InChI is InChI=1S/C10H10ClN3.C7H5BrF2O.C2H6/c11-6-1-2-8-9(5-6)14-4-3-7(12)10(14)13-8;8-5-2-1-3-6(4-5)11-7(9)10;1-2/h1-2,5,7H,3-4,12H2;1-4,7H;1-2H3. The minimum Gasteiger partial charge on any atom is -0.435 e. The molecule has 0 aliphatic carbocycles. The Labute approximate surface area is 170 Å². The van der Waals surface area contributed by atoms with Gasteiger partial charge in [0.25, 0.3) is 0 Å². The zero-order valence-corrected chi connectivity index (χ0v) is 17.3. The fourth-order valence-corrected chi connectivity index (χ4v) is 3.22. The highest BCUT2D eigenvalue weighted by Crippen LogP contribution is 2.29. The summed E-state index contributed by atoms with van der Waals surface area (Å²) in [5.74, 6) is 1.15. The first-order valence-corrected chi connectivity index (χ1v) is 9.73. The topological polar surface area (TPSA) is 53.1 Å². The molecular weight excluding hydrogens is 440 g/mol. The van der Waals surface area contributed by atoms with E-state index in [0.717, 1.165) is 39.3 Å². The molecule has 1 aromatic heterocycles. The van der Waals surface area contributed by atoms with E-state index in [4.69, 9.17) is 17.3 Å². The number of benzene rings is 2. The van der Waals surface area contributed by atoms with E-state index in [0.29, 0.717) is 0 Å². The molecule has 4 rings (SSSR count). The van der Waals surface area contributed by atoms with Crippen LogP contribution >= 0.6 is 27.5 Å². The van der Waals surface area contributed by atoms with Crippen LogP contribution in [-0.2, 0) is 6.54 Å². The number of nitrogens with zero attached hydrogens (tertiary/aromatic N) is 2. The highest BCUT2D eigenvalue weighted by molar-refractivity contribution is 9.10. The number of rotatable bonds is 2. The zero-order chi connectivity index (χ0) is 20.0. The smallest absolute Gasteiger partial charge is 0.387 e. The predicted molar refractivity (Wildman–Crippen MR) is 108 cm³/mol. The van der Waals surface area contributed by atoms with Crippen molar-refractivity contribution >= 4 is 38.6 Å². The Bertz CT molecular complexity index is 889. The van der Waals surface area contributed by atoms with Gasteiger partial charge in [0.05, 0.1) is 17.1 Å². The third kappa shape index (κ3) is 5.64. The molecule has 0 radical (unpaired) electrons. The Kier molecular flexibility index (Phi) is 8.01. The van der Waals surface area contributed by atoms with E-state index < -0.39 is 6.61 Å². The lowest BCUT2D eigenvalue weighted by molar-refractivity contribution is -0.0498. The van der Waals surface area contributed by atoms with Crippen molar-refractivity contribution in [2.45, 2.75) is 39.5 Å². The first kappa shape index (κ1) is 21.6. The van der Waals surface area contributed by atoms with Crippen molar-refractivity contribution in [3.63, 3.8) is 0 Å². The van der Waals surface area contributed by atoms with Gasteiger partial charge in [0.15, 0.2) is 0 Å². The Balaban J connectivity index is 0.000000183.